The van der Waals surface area contributed by atoms with E-state index < -0.39 is 0 Å². The van der Waals surface area contributed by atoms with Gasteiger partial charge in [-0.25, -0.2) is 14.8 Å². The monoisotopic (exact) mass is 328 g/mol. The molecule has 2 bridgehead atoms. The predicted octanol–water partition coefficient (Wildman–Crippen LogP) is 1.67. The number of urea groups is 1. The molecule has 2 saturated heterocycles. The maximum absolute atomic E-state index is 12.7. The molecule has 0 aromatic carbocycles. The molecule has 2 fully saturated rings. The second-order valence-corrected chi connectivity index (χ2v) is 6.34. The molecule has 0 aliphatic carbocycles. The van der Waals surface area contributed by atoms with Crippen LogP contribution in [0.5, 0.6) is 0 Å². The van der Waals surface area contributed by atoms with Crippen molar-refractivity contribution in [3.8, 4) is 5.95 Å². The molecule has 2 aromatic heterocycles. The molecule has 8 nitrogen and oxygen atoms in total. The standard InChI is InChI=1S/C16H20N6O2/c1-10-7-11(2)19-15(18-10)22-14(5-6-17-22)20-16(23)21-12-3-4-13(21)9-24-8-12/h5-7,12-13H,3-4,8-9H2,1-2H3,(H,20,23). The fraction of sp³-hybridized carbons (Fsp3) is 0.500. The van der Waals surface area contributed by atoms with Gasteiger partial charge in [-0.3, -0.25) is 5.32 Å². The molecule has 4 rings (SSSR count). The Balaban J connectivity index is 1.58. The summed E-state index contributed by atoms with van der Waals surface area (Å²) < 4.78 is 7.09. The number of nitrogens with zero attached hydrogens (tertiary/aromatic N) is 5. The summed E-state index contributed by atoms with van der Waals surface area (Å²) in [6, 6.07) is 3.87. The van der Waals surface area contributed by atoms with E-state index in [9.17, 15) is 4.79 Å². The lowest BCUT2D eigenvalue weighted by molar-refractivity contribution is 0.00946. The van der Waals surface area contributed by atoms with Crippen molar-refractivity contribution in [1.82, 2.24) is 24.6 Å². The summed E-state index contributed by atoms with van der Waals surface area (Å²) in [6.45, 7) is 5.05. The topological polar surface area (TPSA) is 85.2 Å². The molecule has 2 atom stereocenters. The van der Waals surface area contributed by atoms with Gasteiger partial charge in [0.2, 0.25) is 0 Å². The fourth-order valence-corrected chi connectivity index (χ4v) is 3.49. The Morgan fingerprint density at radius 3 is 2.54 bits per heavy atom. The van der Waals surface area contributed by atoms with Gasteiger partial charge < -0.3 is 9.64 Å². The van der Waals surface area contributed by atoms with E-state index in [0.717, 1.165) is 24.2 Å². The van der Waals surface area contributed by atoms with Crippen LogP contribution in [0.15, 0.2) is 18.3 Å². The molecule has 2 aliphatic heterocycles. The average molecular weight is 328 g/mol. The maximum Gasteiger partial charge on any atom is 0.323 e. The van der Waals surface area contributed by atoms with Crippen molar-refractivity contribution in [3.05, 3.63) is 29.7 Å². The zero-order chi connectivity index (χ0) is 16.7. The van der Waals surface area contributed by atoms with E-state index in [1.54, 1.807) is 16.9 Å². The van der Waals surface area contributed by atoms with E-state index in [1.165, 1.54) is 0 Å². The number of aromatic nitrogens is 4. The van der Waals surface area contributed by atoms with Crippen molar-refractivity contribution in [3.63, 3.8) is 0 Å². The molecule has 2 aromatic rings. The number of ether oxygens (including phenoxy) is 1. The third-order valence-electron chi connectivity index (χ3n) is 4.51. The van der Waals surface area contributed by atoms with Crippen molar-refractivity contribution in [2.24, 2.45) is 0 Å². The largest absolute Gasteiger partial charge is 0.377 e. The molecule has 0 saturated carbocycles. The molecule has 8 heteroatoms. The van der Waals surface area contributed by atoms with Gasteiger partial charge in [-0.2, -0.15) is 9.78 Å². The van der Waals surface area contributed by atoms with Crippen LogP contribution < -0.4 is 5.32 Å². The van der Waals surface area contributed by atoms with E-state index >= 15 is 0 Å². The summed E-state index contributed by atoms with van der Waals surface area (Å²) in [7, 11) is 0. The lowest BCUT2D eigenvalue weighted by Gasteiger charge is -2.34. The fourth-order valence-electron chi connectivity index (χ4n) is 3.49. The van der Waals surface area contributed by atoms with E-state index in [4.69, 9.17) is 4.74 Å². The normalized spacial score (nSPS) is 22.7. The van der Waals surface area contributed by atoms with Gasteiger partial charge in [0.1, 0.15) is 5.82 Å². The van der Waals surface area contributed by atoms with Crippen molar-refractivity contribution >= 4 is 11.8 Å². The molecule has 24 heavy (non-hydrogen) atoms. The highest BCUT2D eigenvalue weighted by atomic mass is 16.5. The van der Waals surface area contributed by atoms with Crippen molar-refractivity contribution < 1.29 is 9.53 Å². The SMILES string of the molecule is Cc1cc(C)nc(-n2nccc2NC(=O)N2C3CCC2COC3)n1. The van der Waals surface area contributed by atoms with E-state index in [1.807, 2.05) is 24.8 Å². The number of aryl methyl sites for hydroxylation is 2. The summed E-state index contributed by atoms with van der Waals surface area (Å²) in [5.74, 6) is 1.02. The number of fused-ring (bicyclic) bond motifs is 2. The van der Waals surface area contributed by atoms with Crippen molar-refractivity contribution in [2.75, 3.05) is 18.5 Å². The lowest BCUT2D eigenvalue weighted by atomic mass is 10.2. The van der Waals surface area contributed by atoms with Crippen LogP contribution in [0.1, 0.15) is 24.2 Å². The van der Waals surface area contributed by atoms with Gasteiger partial charge in [0.15, 0.2) is 0 Å². The minimum absolute atomic E-state index is 0.114. The molecule has 2 amide bonds. The van der Waals surface area contributed by atoms with Gasteiger partial charge in [0, 0.05) is 17.5 Å². The number of carbonyl (C=O) groups excluding carboxylic acids is 1. The Bertz CT molecular complexity index is 737. The van der Waals surface area contributed by atoms with Gasteiger partial charge in [-0.05, 0) is 32.8 Å². The minimum atomic E-state index is -0.114. The van der Waals surface area contributed by atoms with Crippen LogP contribution in [-0.2, 0) is 4.74 Å². The molecular weight excluding hydrogens is 308 g/mol. The van der Waals surface area contributed by atoms with Gasteiger partial charge in [0.25, 0.3) is 5.95 Å². The second kappa shape index (κ2) is 5.86. The highest BCUT2D eigenvalue weighted by Gasteiger charge is 2.40. The Kier molecular flexibility index (Phi) is 3.68. The number of rotatable bonds is 2. The number of anilines is 1. The zero-order valence-corrected chi connectivity index (χ0v) is 13.8. The Labute approximate surface area is 139 Å². The molecule has 4 heterocycles. The van der Waals surface area contributed by atoms with Gasteiger partial charge >= 0.3 is 6.03 Å². The first-order chi connectivity index (χ1) is 11.6. The number of nitrogens with one attached hydrogen (secondary N) is 1. The summed E-state index contributed by atoms with van der Waals surface area (Å²) in [5, 5.41) is 7.20. The number of hydrogen-bond donors (Lipinski definition) is 1. The minimum Gasteiger partial charge on any atom is -0.377 e. The summed E-state index contributed by atoms with van der Waals surface area (Å²) in [4.78, 5) is 23.4. The van der Waals surface area contributed by atoms with Crippen LogP contribution in [-0.4, -0.2) is 56.0 Å². The smallest absolute Gasteiger partial charge is 0.323 e. The first-order valence-electron chi connectivity index (χ1n) is 8.15. The predicted molar refractivity (Wildman–Crippen MR) is 87.1 cm³/mol. The Morgan fingerprint density at radius 2 is 1.88 bits per heavy atom. The summed E-state index contributed by atoms with van der Waals surface area (Å²) in [5.41, 5.74) is 1.72. The molecule has 0 spiro atoms. The molecule has 0 radical (unpaired) electrons. The number of carbonyl (C=O) groups is 1. The van der Waals surface area contributed by atoms with Crippen LogP contribution >= 0.6 is 0 Å². The van der Waals surface area contributed by atoms with Crippen molar-refractivity contribution in [2.45, 2.75) is 38.8 Å². The molecule has 126 valence electrons. The molecule has 2 unspecified atom stereocenters. The average Bonchev–Trinajstić information content (AvgIpc) is 3.08. The van der Waals surface area contributed by atoms with Crippen LogP contribution in [0.2, 0.25) is 0 Å². The van der Waals surface area contributed by atoms with E-state index in [0.29, 0.717) is 25.0 Å². The van der Waals surface area contributed by atoms with E-state index in [2.05, 4.69) is 20.4 Å². The third kappa shape index (κ3) is 2.62. The van der Waals surface area contributed by atoms with Crippen LogP contribution in [0, 0.1) is 13.8 Å². The van der Waals surface area contributed by atoms with Crippen LogP contribution in [0.25, 0.3) is 5.95 Å². The Hall–Kier alpha value is -2.48. The second-order valence-electron chi connectivity index (χ2n) is 6.34. The van der Waals surface area contributed by atoms with Gasteiger partial charge in [-0.1, -0.05) is 0 Å². The number of hydrogen-bond acceptors (Lipinski definition) is 5. The van der Waals surface area contributed by atoms with E-state index in [-0.39, 0.29) is 18.1 Å². The van der Waals surface area contributed by atoms with Crippen LogP contribution in [0.4, 0.5) is 10.6 Å². The molecule has 2 aliphatic rings. The number of morpholine rings is 1. The summed E-state index contributed by atoms with van der Waals surface area (Å²) in [6.07, 6.45) is 3.62. The third-order valence-corrected chi connectivity index (χ3v) is 4.51. The summed E-state index contributed by atoms with van der Waals surface area (Å²) >= 11 is 0. The number of amides is 2. The highest BCUT2D eigenvalue weighted by Crippen LogP contribution is 2.29. The maximum atomic E-state index is 12.7. The van der Waals surface area contributed by atoms with Gasteiger partial charge in [-0.15, -0.1) is 0 Å². The molecule has 1 N–H and O–H groups in total. The quantitative estimate of drug-likeness (QED) is 0.906. The Morgan fingerprint density at radius 1 is 1.21 bits per heavy atom. The first-order valence-corrected chi connectivity index (χ1v) is 8.15. The highest BCUT2D eigenvalue weighted by molar-refractivity contribution is 5.89. The first kappa shape index (κ1) is 15.1. The lowest BCUT2D eigenvalue weighted by Crippen LogP contribution is -2.50. The van der Waals surface area contributed by atoms with Crippen molar-refractivity contribution in [1.29, 1.82) is 0 Å². The van der Waals surface area contributed by atoms with Crippen LogP contribution in [0.3, 0.4) is 0 Å². The van der Waals surface area contributed by atoms with Gasteiger partial charge in [0.05, 0.1) is 31.5 Å². The molecular formula is C16H20N6O2. The zero-order valence-electron chi connectivity index (χ0n) is 13.8.